The van der Waals surface area contributed by atoms with E-state index in [1.54, 1.807) is 0 Å². The second kappa shape index (κ2) is 8.43. The Kier molecular flexibility index (Phi) is 7.64. The Morgan fingerprint density at radius 2 is 1.50 bits per heavy atom. The zero-order valence-corrected chi connectivity index (χ0v) is 9.83. The second-order valence-electron chi connectivity index (χ2n) is 3.81. The summed E-state index contributed by atoms with van der Waals surface area (Å²) in [4.78, 5) is 32.1. The van der Waals surface area contributed by atoms with Gasteiger partial charge in [-0.25, -0.2) is 0 Å². The summed E-state index contributed by atoms with van der Waals surface area (Å²) in [6.07, 6.45) is 0.127. The summed E-state index contributed by atoms with van der Waals surface area (Å²) in [5.74, 6) is -3.57. The molecule has 104 valence electrons. The number of carboxylic acids is 3. The summed E-state index contributed by atoms with van der Waals surface area (Å²) in [6, 6.07) is -2.23. The Morgan fingerprint density at radius 1 is 1.00 bits per heavy atom. The molecule has 8 heteroatoms. The van der Waals surface area contributed by atoms with Crippen LogP contribution in [0.3, 0.4) is 0 Å². The molecular weight excluding hydrogens is 244 g/mol. The first kappa shape index (κ1) is 16.3. The number of carboxylic acid groups (broad SMARTS) is 3. The summed E-state index contributed by atoms with van der Waals surface area (Å²) < 4.78 is 0. The standard InChI is InChI=1S/C10H18N2O6/c11-5-1-2-6(9(15)16)12-7(10(17)18)3-4-8(13)14/h6-7,12H,1-5,11H2,(H,13,14)(H,15,16)(H,17,18)/t6-,7-/m0/s1. The molecule has 0 rings (SSSR count). The molecule has 8 nitrogen and oxygen atoms in total. The molecule has 0 unspecified atom stereocenters. The topological polar surface area (TPSA) is 150 Å². The summed E-state index contributed by atoms with van der Waals surface area (Å²) in [5.41, 5.74) is 5.25. The van der Waals surface area contributed by atoms with Gasteiger partial charge in [-0.1, -0.05) is 0 Å². The van der Waals surface area contributed by atoms with Gasteiger partial charge in [0.15, 0.2) is 0 Å². The van der Waals surface area contributed by atoms with Gasteiger partial charge in [0.25, 0.3) is 0 Å². The molecular formula is C10H18N2O6. The van der Waals surface area contributed by atoms with Crippen LogP contribution in [0.15, 0.2) is 0 Å². The summed E-state index contributed by atoms with van der Waals surface area (Å²) >= 11 is 0. The molecule has 0 bridgehead atoms. The smallest absolute Gasteiger partial charge is 0.320 e. The Balaban J connectivity index is 4.45. The largest absolute Gasteiger partial charge is 0.481 e. The molecule has 0 heterocycles. The van der Waals surface area contributed by atoms with E-state index in [1.165, 1.54) is 0 Å². The zero-order chi connectivity index (χ0) is 14.1. The molecule has 0 radical (unpaired) electrons. The molecule has 2 atom stereocenters. The maximum Gasteiger partial charge on any atom is 0.320 e. The van der Waals surface area contributed by atoms with Crippen molar-refractivity contribution in [3.8, 4) is 0 Å². The van der Waals surface area contributed by atoms with Crippen LogP contribution in [-0.2, 0) is 14.4 Å². The molecule has 0 aliphatic carbocycles. The summed E-state index contributed by atoms with van der Waals surface area (Å²) in [7, 11) is 0. The fourth-order valence-electron chi connectivity index (χ4n) is 1.39. The van der Waals surface area contributed by atoms with Crippen LogP contribution in [0.2, 0.25) is 0 Å². The molecule has 0 saturated carbocycles. The molecule has 0 fully saturated rings. The van der Waals surface area contributed by atoms with Crippen LogP contribution in [0.25, 0.3) is 0 Å². The van der Waals surface area contributed by atoms with E-state index in [-0.39, 0.29) is 19.3 Å². The predicted molar refractivity (Wildman–Crippen MR) is 61.1 cm³/mol. The maximum absolute atomic E-state index is 10.9. The van der Waals surface area contributed by atoms with Crippen molar-refractivity contribution < 1.29 is 29.7 Å². The highest BCUT2D eigenvalue weighted by molar-refractivity contribution is 5.78. The lowest BCUT2D eigenvalue weighted by Gasteiger charge is -2.19. The van der Waals surface area contributed by atoms with E-state index in [2.05, 4.69) is 5.32 Å². The molecule has 0 aromatic heterocycles. The first-order valence-electron chi connectivity index (χ1n) is 5.52. The number of hydrogen-bond acceptors (Lipinski definition) is 5. The zero-order valence-electron chi connectivity index (χ0n) is 9.83. The van der Waals surface area contributed by atoms with Gasteiger partial charge in [-0.3, -0.25) is 19.7 Å². The minimum absolute atomic E-state index is 0.170. The van der Waals surface area contributed by atoms with Crippen LogP contribution >= 0.6 is 0 Å². The van der Waals surface area contributed by atoms with Gasteiger partial charge in [0.2, 0.25) is 0 Å². The van der Waals surface area contributed by atoms with Crippen LogP contribution in [0.4, 0.5) is 0 Å². The minimum atomic E-state index is -1.27. The summed E-state index contributed by atoms with van der Waals surface area (Å²) in [6.45, 7) is 0.304. The first-order chi connectivity index (χ1) is 8.38. The average Bonchev–Trinajstić information content (AvgIpc) is 2.26. The fraction of sp³-hybridized carbons (Fsp3) is 0.700. The normalized spacial score (nSPS) is 13.8. The van der Waals surface area contributed by atoms with Crippen molar-refractivity contribution in [1.82, 2.24) is 5.32 Å². The lowest BCUT2D eigenvalue weighted by Crippen LogP contribution is -2.47. The van der Waals surface area contributed by atoms with E-state index in [0.717, 1.165) is 0 Å². The number of nitrogens with two attached hydrogens (primary N) is 1. The van der Waals surface area contributed by atoms with Crippen LogP contribution in [0, 0.1) is 0 Å². The number of nitrogens with one attached hydrogen (secondary N) is 1. The highest BCUT2D eigenvalue weighted by atomic mass is 16.4. The number of hydrogen-bond donors (Lipinski definition) is 5. The minimum Gasteiger partial charge on any atom is -0.481 e. The third-order valence-corrected chi connectivity index (χ3v) is 2.34. The number of aliphatic carboxylic acids is 3. The first-order valence-corrected chi connectivity index (χ1v) is 5.52. The van der Waals surface area contributed by atoms with E-state index in [9.17, 15) is 14.4 Å². The van der Waals surface area contributed by atoms with Crippen molar-refractivity contribution in [2.24, 2.45) is 5.73 Å². The van der Waals surface area contributed by atoms with Gasteiger partial charge in [0.05, 0.1) is 0 Å². The highest BCUT2D eigenvalue weighted by Gasteiger charge is 2.25. The molecule has 0 amide bonds. The van der Waals surface area contributed by atoms with E-state index in [0.29, 0.717) is 13.0 Å². The number of carbonyl (C=O) groups is 3. The van der Waals surface area contributed by atoms with Crippen LogP contribution in [0.1, 0.15) is 25.7 Å². The van der Waals surface area contributed by atoms with Crippen LogP contribution in [-0.4, -0.2) is 51.9 Å². The molecule has 0 aliphatic rings. The Hall–Kier alpha value is -1.67. The number of rotatable bonds is 10. The molecule has 0 spiro atoms. The van der Waals surface area contributed by atoms with E-state index in [4.69, 9.17) is 21.1 Å². The third-order valence-electron chi connectivity index (χ3n) is 2.34. The van der Waals surface area contributed by atoms with Gasteiger partial charge in [0, 0.05) is 6.42 Å². The molecule has 6 N–H and O–H groups in total. The molecule has 18 heavy (non-hydrogen) atoms. The molecule has 0 aliphatic heterocycles. The quantitative estimate of drug-likeness (QED) is 0.339. The van der Waals surface area contributed by atoms with Gasteiger partial charge >= 0.3 is 17.9 Å². The highest BCUT2D eigenvalue weighted by Crippen LogP contribution is 2.04. The van der Waals surface area contributed by atoms with Crippen LogP contribution < -0.4 is 11.1 Å². The molecule has 0 aromatic rings. The Bertz CT molecular complexity index is 307. The van der Waals surface area contributed by atoms with Crippen molar-refractivity contribution >= 4 is 17.9 Å². The van der Waals surface area contributed by atoms with E-state index in [1.807, 2.05) is 0 Å². The van der Waals surface area contributed by atoms with E-state index >= 15 is 0 Å². The monoisotopic (exact) mass is 262 g/mol. The van der Waals surface area contributed by atoms with Gasteiger partial charge < -0.3 is 21.1 Å². The third kappa shape index (κ3) is 6.81. The Morgan fingerprint density at radius 3 is 1.89 bits per heavy atom. The van der Waals surface area contributed by atoms with Gasteiger partial charge in [-0.15, -0.1) is 0 Å². The lowest BCUT2D eigenvalue weighted by molar-refractivity contribution is -0.143. The molecule has 0 aromatic carbocycles. The van der Waals surface area contributed by atoms with Gasteiger partial charge in [0.1, 0.15) is 12.1 Å². The van der Waals surface area contributed by atoms with Crippen molar-refractivity contribution in [3.63, 3.8) is 0 Å². The van der Waals surface area contributed by atoms with Crippen LogP contribution in [0.5, 0.6) is 0 Å². The van der Waals surface area contributed by atoms with Crippen molar-refractivity contribution in [1.29, 1.82) is 0 Å². The van der Waals surface area contributed by atoms with E-state index < -0.39 is 30.0 Å². The lowest BCUT2D eigenvalue weighted by atomic mass is 10.1. The van der Waals surface area contributed by atoms with Crippen molar-refractivity contribution in [3.05, 3.63) is 0 Å². The SMILES string of the molecule is NCCC[C@H](N[C@@H](CCC(=O)O)C(=O)O)C(=O)O. The Labute approximate surface area is 104 Å². The predicted octanol–water partition coefficient (Wildman–Crippen LogP) is -0.914. The van der Waals surface area contributed by atoms with Gasteiger partial charge in [-0.05, 0) is 25.8 Å². The van der Waals surface area contributed by atoms with Gasteiger partial charge in [-0.2, -0.15) is 0 Å². The molecule has 0 saturated heterocycles. The second-order valence-corrected chi connectivity index (χ2v) is 3.81. The van der Waals surface area contributed by atoms with Crippen molar-refractivity contribution in [2.75, 3.05) is 6.54 Å². The fourth-order valence-corrected chi connectivity index (χ4v) is 1.39. The summed E-state index contributed by atoms with van der Waals surface area (Å²) in [5, 5.41) is 28.7. The average molecular weight is 262 g/mol. The van der Waals surface area contributed by atoms with Crippen molar-refractivity contribution in [2.45, 2.75) is 37.8 Å². The maximum atomic E-state index is 10.9.